The lowest BCUT2D eigenvalue weighted by atomic mass is 9.82. The van der Waals surface area contributed by atoms with Gasteiger partial charge in [-0.05, 0) is 49.7 Å². The summed E-state index contributed by atoms with van der Waals surface area (Å²) >= 11 is 0. The van der Waals surface area contributed by atoms with Gasteiger partial charge in [-0.3, -0.25) is 0 Å². The Morgan fingerprint density at radius 2 is 1.76 bits per heavy atom. The fourth-order valence-electron chi connectivity index (χ4n) is 2.86. The number of hydrogen-bond donors (Lipinski definition) is 0. The van der Waals surface area contributed by atoms with E-state index in [1.54, 1.807) is 19.1 Å². The van der Waals surface area contributed by atoms with Gasteiger partial charge in [0.25, 0.3) is 0 Å². The van der Waals surface area contributed by atoms with E-state index in [4.69, 9.17) is 4.74 Å². The molecule has 0 heterocycles. The van der Waals surface area contributed by atoms with E-state index in [2.05, 4.69) is 13.8 Å². The van der Waals surface area contributed by atoms with E-state index in [1.807, 2.05) is 6.07 Å². The maximum absolute atomic E-state index is 13.8. The van der Waals surface area contributed by atoms with Gasteiger partial charge in [0, 0.05) is 0 Å². The van der Waals surface area contributed by atoms with Crippen LogP contribution >= 0.6 is 0 Å². The van der Waals surface area contributed by atoms with E-state index in [-0.39, 0.29) is 11.9 Å². The minimum atomic E-state index is -0.210. The average Bonchev–Trinajstić information content (AvgIpc) is 2.23. The van der Waals surface area contributed by atoms with E-state index in [1.165, 1.54) is 6.42 Å². The molecule has 0 N–H and O–H groups in total. The Kier molecular flexibility index (Phi) is 3.70. The Hall–Kier alpha value is -1.05. The highest BCUT2D eigenvalue weighted by atomic mass is 19.1. The molecule has 0 radical (unpaired) electrons. The zero-order chi connectivity index (χ0) is 12.4. The molecule has 1 aromatic carbocycles. The second-order valence-electron chi connectivity index (χ2n) is 5.54. The smallest absolute Gasteiger partial charge is 0.167 e. The van der Waals surface area contributed by atoms with Crippen molar-refractivity contribution in [3.63, 3.8) is 0 Å². The highest BCUT2D eigenvalue weighted by Crippen LogP contribution is 2.32. The summed E-state index contributed by atoms with van der Waals surface area (Å²) in [4.78, 5) is 0. The fraction of sp³-hybridized carbons (Fsp3) is 0.600. The van der Waals surface area contributed by atoms with Gasteiger partial charge in [-0.15, -0.1) is 0 Å². The zero-order valence-electron chi connectivity index (χ0n) is 10.9. The van der Waals surface area contributed by atoms with Crippen molar-refractivity contribution >= 4 is 0 Å². The Morgan fingerprint density at radius 3 is 2.41 bits per heavy atom. The summed E-state index contributed by atoms with van der Waals surface area (Å²) in [6.07, 6.45) is 3.51. The van der Waals surface area contributed by atoms with E-state index in [0.29, 0.717) is 23.1 Å². The van der Waals surface area contributed by atoms with Crippen LogP contribution in [0, 0.1) is 24.6 Å². The van der Waals surface area contributed by atoms with Crippen LogP contribution in [-0.4, -0.2) is 6.10 Å². The molecule has 0 amide bonds. The summed E-state index contributed by atoms with van der Waals surface area (Å²) in [5.41, 5.74) is 0.652. The summed E-state index contributed by atoms with van der Waals surface area (Å²) in [5, 5.41) is 0. The van der Waals surface area contributed by atoms with Gasteiger partial charge in [0.15, 0.2) is 11.6 Å². The minimum Gasteiger partial charge on any atom is -0.487 e. The van der Waals surface area contributed by atoms with Gasteiger partial charge in [0.1, 0.15) is 0 Å². The summed E-state index contributed by atoms with van der Waals surface area (Å²) in [6, 6.07) is 5.35. The normalized spacial score (nSPS) is 29.1. The molecule has 1 aromatic rings. The van der Waals surface area contributed by atoms with Crippen LogP contribution in [0.2, 0.25) is 0 Å². The van der Waals surface area contributed by atoms with Crippen LogP contribution < -0.4 is 4.74 Å². The third-order valence-corrected chi connectivity index (χ3v) is 3.59. The highest BCUT2D eigenvalue weighted by Gasteiger charge is 2.25. The molecule has 1 nitrogen and oxygen atoms in total. The minimum absolute atomic E-state index is 0.171. The van der Waals surface area contributed by atoms with E-state index >= 15 is 0 Å². The molecule has 94 valence electrons. The van der Waals surface area contributed by atoms with Crippen molar-refractivity contribution in [2.75, 3.05) is 0 Å². The molecule has 2 unspecified atom stereocenters. The van der Waals surface area contributed by atoms with Crippen molar-refractivity contribution in [3.8, 4) is 5.75 Å². The quantitative estimate of drug-likeness (QED) is 0.742. The van der Waals surface area contributed by atoms with Crippen LogP contribution in [-0.2, 0) is 0 Å². The van der Waals surface area contributed by atoms with Gasteiger partial charge >= 0.3 is 0 Å². The molecule has 2 atom stereocenters. The Bertz CT molecular complexity index is 379. The standard InChI is InChI=1S/C15H21FO/c1-10-7-11(2)9-13(8-10)17-14-6-4-5-12(3)15(14)16/h4-6,10-11,13H,7-9H2,1-3H3. The van der Waals surface area contributed by atoms with Gasteiger partial charge in [-0.25, -0.2) is 4.39 Å². The largest absolute Gasteiger partial charge is 0.487 e. The molecule has 1 aliphatic carbocycles. The van der Waals surface area contributed by atoms with Crippen LogP contribution in [0.25, 0.3) is 0 Å². The van der Waals surface area contributed by atoms with Gasteiger partial charge in [-0.2, -0.15) is 0 Å². The molecule has 2 heteroatoms. The molecule has 1 saturated carbocycles. The molecule has 17 heavy (non-hydrogen) atoms. The first-order valence-corrected chi connectivity index (χ1v) is 6.48. The van der Waals surface area contributed by atoms with Crippen molar-refractivity contribution in [2.45, 2.75) is 46.1 Å². The maximum atomic E-state index is 13.8. The van der Waals surface area contributed by atoms with Crippen molar-refractivity contribution in [1.82, 2.24) is 0 Å². The third-order valence-electron chi connectivity index (χ3n) is 3.59. The van der Waals surface area contributed by atoms with Gasteiger partial charge < -0.3 is 4.74 Å². The van der Waals surface area contributed by atoms with E-state index in [9.17, 15) is 4.39 Å². The SMILES string of the molecule is Cc1cccc(OC2CC(C)CC(C)C2)c1F. The first kappa shape index (κ1) is 12.4. The lowest BCUT2D eigenvalue weighted by Gasteiger charge is -2.31. The molecule has 0 aromatic heterocycles. The zero-order valence-corrected chi connectivity index (χ0v) is 10.9. The molecule has 0 spiro atoms. The molecular formula is C15H21FO. The molecule has 1 fully saturated rings. The molecule has 2 rings (SSSR count). The van der Waals surface area contributed by atoms with E-state index in [0.717, 1.165) is 12.8 Å². The number of ether oxygens (including phenoxy) is 1. The molecular weight excluding hydrogens is 215 g/mol. The summed E-state index contributed by atoms with van der Waals surface area (Å²) in [7, 11) is 0. The molecule has 1 aliphatic rings. The van der Waals surface area contributed by atoms with Gasteiger partial charge in [0.05, 0.1) is 6.10 Å². The molecule has 0 bridgehead atoms. The highest BCUT2D eigenvalue weighted by molar-refractivity contribution is 5.30. The second-order valence-corrected chi connectivity index (χ2v) is 5.54. The number of aryl methyl sites for hydroxylation is 1. The summed E-state index contributed by atoms with van der Waals surface area (Å²) < 4.78 is 19.7. The Labute approximate surface area is 103 Å². The predicted octanol–water partition coefficient (Wildman–Crippen LogP) is 4.34. The lowest BCUT2D eigenvalue weighted by Crippen LogP contribution is -2.28. The van der Waals surface area contributed by atoms with Crippen molar-refractivity contribution in [3.05, 3.63) is 29.6 Å². The lowest BCUT2D eigenvalue weighted by molar-refractivity contribution is 0.0969. The van der Waals surface area contributed by atoms with Crippen LogP contribution in [0.4, 0.5) is 4.39 Å². The van der Waals surface area contributed by atoms with Gasteiger partial charge in [0.2, 0.25) is 0 Å². The summed E-state index contributed by atoms with van der Waals surface area (Å²) in [5.74, 6) is 1.56. The predicted molar refractivity (Wildman–Crippen MR) is 67.7 cm³/mol. The third kappa shape index (κ3) is 2.99. The molecule has 0 saturated heterocycles. The molecule has 0 aliphatic heterocycles. The maximum Gasteiger partial charge on any atom is 0.167 e. The topological polar surface area (TPSA) is 9.23 Å². The van der Waals surface area contributed by atoms with Crippen molar-refractivity contribution in [1.29, 1.82) is 0 Å². The Balaban J connectivity index is 2.07. The number of halogens is 1. The van der Waals surface area contributed by atoms with Gasteiger partial charge in [-0.1, -0.05) is 26.0 Å². The summed E-state index contributed by atoms with van der Waals surface area (Å²) in [6.45, 7) is 6.27. The first-order valence-electron chi connectivity index (χ1n) is 6.48. The number of benzene rings is 1. The first-order chi connectivity index (χ1) is 8.06. The number of rotatable bonds is 2. The van der Waals surface area contributed by atoms with Crippen molar-refractivity contribution < 1.29 is 9.13 Å². The van der Waals surface area contributed by atoms with E-state index < -0.39 is 0 Å². The van der Waals surface area contributed by atoms with Crippen LogP contribution in [0.1, 0.15) is 38.7 Å². The average molecular weight is 236 g/mol. The van der Waals surface area contributed by atoms with Crippen LogP contribution in [0.15, 0.2) is 18.2 Å². The second kappa shape index (κ2) is 5.07. The van der Waals surface area contributed by atoms with Crippen LogP contribution in [0.3, 0.4) is 0 Å². The fourth-order valence-corrected chi connectivity index (χ4v) is 2.86. The monoisotopic (exact) mass is 236 g/mol. The van der Waals surface area contributed by atoms with Crippen molar-refractivity contribution in [2.24, 2.45) is 11.8 Å². The Morgan fingerprint density at radius 1 is 1.12 bits per heavy atom. The van der Waals surface area contributed by atoms with Crippen LogP contribution in [0.5, 0.6) is 5.75 Å². The number of hydrogen-bond acceptors (Lipinski definition) is 1.